The van der Waals surface area contributed by atoms with Crippen molar-refractivity contribution in [3.05, 3.63) is 34.1 Å². The molecule has 0 aromatic heterocycles. The Morgan fingerprint density at radius 3 is 2.52 bits per heavy atom. The fraction of sp³-hybridized carbons (Fsp3) is 0.455. The van der Waals surface area contributed by atoms with Gasteiger partial charge in [0.25, 0.3) is 5.69 Å². The fourth-order valence-electron chi connectivity index (χ4n) is 2.03. The lowest BCUT2D eigenvalue weighted by molar-refractivity contribution is -0.388. The van der Waals surface area contributed by atoms with Crippen LogP contribution in [-0.4, -0.2) is 25.4 Å². The number of rotatable bonds is 5. The summed E-state index contributed by atoms with van der Waals surface area (Å²) in [5, 5.41) is 10.8. The van der Waals surface area contributed by atoms with E-state index in [2.05, 4.69) is 4.72 Å². The number of halogens is 2. The number of nitrogens with two attached hydrogens (primary N) is 1. The molecule has 0 bridgehead atoms. The minimum Gasteiger partial charge on any atom is -0.324 e. The van der Waals surface area contributed by atoms with E-state index < -0.39 is 36.9 Å². The molecule has 0 saturated heterocycles. The molecule has 3 N–H and O–H groups in total. The molecule has 1 fully saturated rings. The largest absolute Gasteiger partial charge is 0.324 e. The molecule has 0 atom stereocenters. The lowest BCUT2D eigenvalue weighted by atomic mass is 9.78. The van der Waals surface area contributed by atoms with Crippen LogP contribution in [0.1, 0.15) is 19.3 Å². The molecule has 10 heteroatoms. The van der Waals surface area contributed by atoms with Gasteiger partial charge in [0.05, 0.1) is 4.92 Å². The van der Waals surface area contributed by atoms with Gasteiger partial charge in [-0.3, -0.25) is 10.1 Å². The summed E-state index contributed by atoms with van der Waals surface area (Å²) in [7, 11) is -4.32. The summed E-state index contributed by atoms with van der Waals surface area (Å²) < 4.78 is 39.9. The van der Waals surface area contributed by atoms with E-state index >= 15 is 0 Å². The van der Waals surface area contributed by atoms with E-state index in [0.29, 0.717) is 12.8 Å². The van der Waals surface area contributed by atoms with Crippen molar-refractivity contribution >= 4 is 28.1 Å². The first-order chi connectivity index (χ1) is 9.25. The third kappa shape index (κ3) is 3.67. The second kappa shape index (κ2) is 6.22. The van der Waals surface area contributed by atoms with E-state index in [1.165, 1.54) is 0 Å². The maximum atomic E-state index is 13.7. The Balaban J connectivity index is 0.00000220. The third-order valence-electron chi connectivity index (χ3n) is 3.38. The lowest BCUT2D eigenvalue weighted by Crippen LogP contribution is -2.54. The number of benzene rings is 1. The Kier molecular flexibility index (Phi) is 5.26. The van der Waals surface area contributed by atoms with Crippen molar-refractivity contribution in [2.45, 2.75) is 29.7 Å². The number of nitrogens with one attached hydrogen (secondary N) is 1. The van der Waals surface area contributed by atoms with Crippen LogP contribution < -0.4 is 10.5 Å². The van der Waals surface area contributed by atoms with Gasteiger partial charge in [-0.1, -0.05) is 6.07 Å². The smallest absolute Gasteiger partial charge is 0.292 e. The van der Waals surface area contributed by atoms with E-state index in [9.17, 15) is 22.9 Å². The van der Waals surface area contributed by atoms with E-state index in [4.69, 9.17) is 5.73 Å². The highest BCUT2D eigenvalue weighted by Gasteiger charge is 2.36. The van der Waals surface area contributed by atoms with Crippen LogP contribution in [0.3, 0.4) is 0 Å². The topological polar surface area (TPSA) is 115 Å². The monoisotopic (exact) mass is 339 g/mol. The number of nitro benzene ring substituents is 1. The summed E-state index contributed by atoms with van der Waals surface area (Å²) >= 11 is 0. The number of nitro groups is 1. The van der Waals surface area contributed by atoms with Gasteiger partial charge in [0.2, 0.25) is 10.0 Å². The summed E-state index contributed by atoms with van der Waals surface area (Å²) in [6, 6.07) is 2.89. The van der Waals surface area contributed by atoms with Crippen molar-refractivity contribution in [3.8, 4) is 0 Å². The maximum absolute atomic E-state index is 13.7. The van der Waals surface area contributed by atoms with Gasteiger partial charge in [0.15, 0.2) is 4.90 Å². The minimum atomic E-state index is -4.32. The number of sulfonamides is 1. The Labute approximate surface area is 127 Å². The van der Waals surface area contributed by atoms with Crippen LogP contribution in [-0.2, 0) is 10.0 Å². The second-order valence-electron chi connectivity index (χ2n) is 4.89. The Morgan fingerprint density at radius 2 is 2.05 bits per heavy atom. The third-order valence-corrected chi connectivity index (χ3v) is 4.84. The summed E-state index contributed by atoms with van der Waals surface area (Å²) in [4.78, 5) is 8.93. The van der Waals surface area contributed by atoms with E-state index in [1.807, 2.05) is 0 Å². The molecule has 1 aliphatic rings. The van der Waals surface area contributed by atoms with Crippen LogP contribution in [0.2, 0.25) is 0 Å². The predicted octanol–water partition coefficient (Wildman–Crippen LogP) is 1.32. The molecule has 21 heavy (non-hydrogen) atoms. The SMILES string of the molecule is Cl.NC1(CNS(=O)(=O)c2c(F)cccc2[N+](=O)[O-])CCC1. The van der Waals surface area contributed by atoms with Gasteiger partial charge in [-0.15, -0.1) is 12.4 Å². The van der Waals surface area contributed by atoms with Crippen LogP contribution >= 0.6 is 12.4 Å². The van der Waals surface area contributed by atoms with Crippen LogP contribution in [0.15, 0.2) is 23.1 Å². The number of hydrogen-bond acceptors (Lipinski definition) is 5. The molecule has 0 heterocycles. The van der Waals surface area contributed by atoms with Gasteiger partial charge in [0, 0.05) is 18.2 Å². The molecule has 0 spiro atoms. The van der Waals surface area contributed by atoms with Gasteiger partial charge in [-0.05, 0) is 25.3 Å². The first-order valence-corrected chi connectivity index (χ1v) is 7.45. The van der Waals surface area contributed by atoms with Crippen molar-refractivity contribution in [3.63, 3.8) is 0 Å². The molecule has 0 unspecified atom stereocenters. The molecule has 1 aliphatic carbocycles. The van der Waals surface area contributed by atoms with Crippen molar-refractivity contribution in [2.75, 3.05) is 6.54 Å². The first-order valence-electron chi connectivity index (χ1n) is 5.97. The van der Waals surface area contributed by atoms with E-state index in [1.54, 1.807) is 0 Å². The molecule has 1 saturated carbocycles. The van der Waals surface area contributed by atoms with Gasteiger partial charge in [-0.25, -0.2) is 17.5 Å². The van der Waals surface area contributed by atoms with Crippen LogP contribution in [0.5, 0.6) is 0 Å². The summed E-state index contributed by atoms with van der Waals surface area (Å²) in [5.41, 5.74) is 4.43. The molecule has 118 valence electrons. The van der Waals surface area contributed by atoms with Gasteiger partial charge in [0.1, 0.15) is 5.82 Å². The second-order valence-corrected chi connectivity index (χ2v) is 6.59. The number of nitrogens with zero attached hydrogens (tertiary/aromatic N) is 1. The standard InChI is InChI=1S/C11H14FN3O4S.ClH/c12-8-3-1-4-9(15(16)17)10(8)20(18,19)14-7-11(13)5-2-6-11;/h1,3-4,14H,2,5-7,13H2;1H. The fourth-order valence-corrected chi connectivity index (χ4v) is 3.39. The van der Waals surface area contributed by atoms with Gasteiger partial charge < -0.3 is 5.73 Å². The zero-order valence-electron chi connectivity index (χ0n) is 10.9. The summed E-state index contributed by atoms with van der Waals surface area (Å²) in [6.45, 7) is -0.0686. The average molecular weight is 340 g/mol. The molecule has 2 rings (SSSR count). The van der Waals surface area contributed by atoms with Crippen molar-refractivity contribution < 1.29 is 17.7 Å². The van der Waals surface area contributed by atoms with E-state index in [-0.39, 0.29) is 19.0 Å². The van der Waals surface area contributed by atoms with Crippen LogP contribution in [0, 0.1) is 15.9 Å². The molecule has 1 aromatic rings. The minimum absolute atomic E-state index is 0. The highest BCUT2D eigenvalue weighted by Crippen LogP contribution is 2.30. The Bertz CT molecular complexity index is 649. The molecule has 0 radical (unpaired) electrons. The highest BCUT2D eigenvalue weighted by atomic mass is 35.5. The lowest BCUT2D eigenvalue weighted by Gasteiger charge is -2.37. The first kappa shape index (κ1) is 17.8. The quantitative estimate of drug-likeness (QED) is 0.620. The molecule has 0 aliphatic heterocycles. The normalized spacial score (nSPS) is 16.7. The van der Waals surface area contributed by atoms with Crippen molar-refractivity contribution in [1.29, 1.82) is 0 Å². The Morgan fingerprint density at radius 1 is 1.43 bits per heavy atom. The zero-order valence-corrected chi connectivity index (χ0v) is 12.5. The van der Waals surface area contributed by atoms with Gasteiger partial charge in [-0.2, -0.15) is 0 Å². The van der Waals surface area contributed by atoms with E-state index in [0.717, 1.165) is 24.6 Å². The zero-order chi connectivity index (χ0) is 15.0. The van der Waals surface area contributed by atoms with Crippen LogP contribution in [0.25, 0.3) is 0 Å². The van der Waals surface area contributed by atoms with Crippen LogP contribution in [0.4, 0.5) is 10.1 Å². The van der Waals surface area contributed by atoms with Crippen molar-refractivity contribution in [1.82, 2.24) is 4.72 Å². The Hall–Kier alpha value is -1.29. The van der Waals surface area contributed by atoms with Crippen molar-refractivity contribution in [2.24, 2.45) is 5.73 Å². The molecule has 7 nitrogen and oxygen atoms in total. The highest BCUT2D eigenvalue weighted by molar-refractivity contribution is 7.89. The maximum Gasteiger partial charge on any atom is 0.292 e. The summed E-state index contributed by atoms with van der Waals surface area (Å²) in [5.74, 6) is -1.16. The molecular weight excluding hydrogens is 325 g/mol. The molecule has 0 amide bonds. The predicted molar refractivity (Wildman–Crippen MR) is 76.3 cm³/mol. The summed E-state index contributed by atoms with van der Waals surface area (Å²) in [6.07, 6.45) is 2.22. The molecular formula is C11H15ClFN3O4S. The van der Waals surface area contributed by atoms with Gasteiger partial charge >= 0.3 is 0 Å². The average Bonchev–Trinajstić information content (AvgIpc) is 2.33. The molecule has 1 aromatic carbocycles. The number of hydrogen-bond donors (Lipinski definition) is 2.